The molecule has 3 atom stereocenters. The summed E-state index contributed by atoms with van der Waals surface area (Å²) in [6, 6.07) is 10.9. The fourth-order valence-electron chi connectivity index (χ4n) is 3.60. The number of carbonyl (C=O) groups is 1. The van der Waals surface area contributed by atoms with E-state index in [0.717, 1.165) is 6.54 Å². The average Bonchev–Trinajstić information content (AvgIpc) is 2.78. The van der Waals surface area contributed by atoms with Crippen molar-refractivity contribution >= 4 is 33.2 Å². The van der Waals surface area contributed by atoms with Gasteiger partial charge in [-0.15, -0.1) is 0 Å². The summed E-state index contributed by atoms with van der Waals surface area (Å²) >= 11 is 6.07. The van der Waals surface area contributed by atoms with E-state index >= 15 is 0 Å². The number of nitrogens with one attached hydrogen (secondary N) is 2. The lowest BCUT2D eigenvalue weighted by molar-refractivity contribution is 0.0281. The maximum absolute atomic E-state index is 13.3. The number of methoxy groups -OCH3 is 1. The molecule has 180 valence electrons. The van der Waals surface area contributed by atoms with Crippen molar-refractivity contribution in [2.75, 3.05) is 38.6 Å². The lowest BCUT2D eigenvalue weighted by Gasteiger charge is -2.30. The van der Waals surface area contributed by atoms with Crippen LogP contribution < -0.4 is 14.8 Å². The van der Waals surface area contributed by atoms with Crippen LogP contribution in [-0.2, 0) is 14.8 Å². The first-order valence-corrected chi connectivity index (χ1v) is 12.5. The zero-order valence-corrected chi connectivity index (χ0v) is 20.7. The lowest BCUT2D eigenvalue weighted by Crippen LogP contribution is -2.44. The molecule has 8 nitrogen and oxygen atoms in total. The number of anilines is 1. The van der Waals surface area contributed by atoms with E-state index < -0.39 is 10.0 Å². The Kier molecular flexibility index (Phi) is 8.23. The summed E-state index contributed by atoms with van der Waals surface area (Å²) in [5, 5.41) is 3.53. The van der Waals surface area contributed by atoms with Crippen LogP contribution in [0.1, 0.15) is 24.2 Å². The first-order valence-electron chi connectivity index (χ1n) is 10.7. The number of benzene rings is 2. The van der Waals surface area contributed by atoms with Gasteiger partial charge in [0.05, 0.1) is 16.7 Å². The molecule has 3 rings (SSSR count). The molecule has 2 N–H and O–H groups in total. The van der Waals surface area contributed by atoms with Gasteiger partial charge in [0.2, 0.25) is 0 Å². The highest BCUT2D eigenvalue weighted by atomic mass is 35.5. The van der Waals surface area contributed by atoms with E-state index in [0.29, 0.717) is 18.9 Å². The summed E-state index contributed by atoms with van der Waals surface area (Å²) in [6.45, 7) is 5.51. The van der Waals surface area contributed by atoms with Crippen LogP contribution in [0.25, 0.3) is 0 Å². The first-order chi connectivity index (χ1) is 15.6. The van der Waals surface area contributed by atoms with Crippen molar-refractivity contribution in [3.63, 3.8) is 0 Å². The van der Waals surface area contributed by atoms with Gasteiger partial charge in [-0.05, 0) is 43.2 Å². The third kappa shape index (κ3) is 6.17. The monoisotopic (exact) mass is 495 g/mol. The van der Waals surface area contributed by atoms with Crippen molar-refractivity contribution in [1.82, 2.24) is 10.2 Å². The van der Waals surface area contributed by atoms with E-state index in [1.807, 2.05) is 6.92 Å². The number of halogens is 1. The minimum Gasteiger partial charge on any atom is -0.491 e. The molecule has 1 aliphatic heterocycles. The Balaban J connectivity index is 1.95. The zero-order valence-electron chi connectivity index (χ0n) is 19.2. The van der Waals surface area contributed by atoms with E-state index in [9.17, 15) is 13.2 Å². The molecule has 33 heavy (non-hydrogen) atoms. The predicted octanol–water partition coefficient (Wildman–Crippen LogP) is 3.23. The number of sulfonamides is 1. The fourth-order valence-corrected chi connectivity index (χ4v) is 5.17. The SMILES string of the molecule is CO[C@@H]1CN(C)C(=O)c2cc(NS(=O)(=O)c3ccccc3Cl)ccc2OC[C@H](C)NC[C@@H]1C. The highest BCUT2D eigenvalue weighted by Gasteiger charge is 2.26. The van der Waals surface area contributed by atoms with Gasteiger partial charge in [0, 0.05) is 39.0 Å². The van der Waals surface area contributed by atoms with Crippen LogP contribution in [-0.4, -0.2) is 65.2 Å². The molecule has 2 aromatic carbocycles. The Hall–Kier alpha value is -2.33. The summed E-state index contributed by atoms with van der Waals surface area (Å²) in [5.41, 5.74) is 0.487. The average molecular weight is 496 g/mol. The van der Waals surface area contributed by atoms with Gasteiger partial charge in [0.25, 0.3) is 15.9 Å². The molecule has 0 fully saturated rings. The maximum Gasteiger partial charge on any atom is 0.263 e. The quantitative estimate of drug-likeness (QED) is 0.676. The number of hydrogen-bond donors (Lipinski definition) is 2. The molecule has 0 saturated carbocycles. The van der Waals surface area contributed by atoms with Gasteiger partial charge in [-0.1, -0.05) is 30.7 Å². The Morgan fingerprint density at radius 1 is 1.21 bits per heavy atom. The summed E-state index contributed by atoms with van der Waals surface area (Å²) in [6.07, 6.45) is -0.163. The molecular formula is C23H30ClN3O5S. The Morgan fingerprint density at radius 2 is 1.94 bits per heavy atom. The zero-order chi connectivity index (χ0) is 24.2. The van der Waals surface area contributed by atoms with E-state index in [2.05, 4.69) is 17.0 Å². The standard InChI is InChI=1S/C23H30ClN3O5S/c1-15-12-25-16(2)14-32-20-10-9-17(11-18(20)23(28)27(3)13-21(15)31-4)26-33(29,30)22-8-6-5-7-19(22)24/h5-11,15-16,21,25-26H,12-14H2,1-4H3/t15-,16-,21+/m0/s1. The maximum atomic E-state index is 13.3. The Labute approximate surface area is 200 Å². The van der Waals surface area contributed by atoms with Crippen molar-refractivity contribution in [2.45, 2.75) is 30.9 Å². The molecule has 0 bridgehead atoms. The molecule has 1 amide bonds. The number of ether oxygens (including phenoxy) is 2. The molecule has 1 aliphatic rings. The number of rotatable bonds is 4. The van der Waals surface area contributed by atoms with Crippen LogP contribution in [0.3, 0.4) is 0 Å². The number of fused-ring (bicyclic) bond motifs is 1. The van der Waals surface area contributed by atoms with Crippen molar-refractivity contribution in [3.05, 3.63) is 53.1 Å². The van der Waals surface area contributed by atoms with Crippen LogP contribution in [0.4, 0.5) is 5.69 Å². The van der Waals surface area contributed by atoms with E-state index in [4.69, 9.17) is 21.1 Å². The third-order valence-corrected chi connectivity index (χ3v) is 7.48. The van der Waals surface area contributed by atoms with Crippen LogP contribution >= 0.6 is 11.6 Å². The van der Waals surface area contributed by atoms with Crippen LogP contribution in [0.5, 0.6) is 5.75 Å². The van der Waals surface area contributed by atoms with Crippen molar-refractivity contribution in [3.8, 4) is 5.75 Å². The van der Waals surface area contributed by atoms with Crippen LogP contribution in [0.15, 0.2) is 47.4 Å². The highest BCUT2D eigenvalue weighted by molar-refractivity contribution is 7.92. The predicted molar refractivity (Wildman–Crippen MR) is 129 cm³/mol. The molecule has 0 saturated heterocycles. The molecule has 1 heterocycles. The third-order valence-electron chi connectivity index (χ3n) is 5.60. The smallest absolute Gasteiger partial charge is 0.263 e. The molecule has 0 aromatic heterocycles. The fraction of sp³-hybridized carbons (Fsp3) is 0.435. The van der Waals surface area contributed by atoms with E-state index in [-0.39, 0.29) is 45.1 Å². The molecule has 10 heteroatoms. The van der Waals surface area contributed by atoms with Crippen molar-refractivity contribution in [1.29, 1.82) is 0 Å². The second-order valence-corrected chi connectivity index (χ2v) is 10.4. The minimum absolute atomic E-state index is 0.0449. The second kappa shape index (κ2) is 10.7. The van der Waals surface area contributed by atoms with Gasteiger partial charge in [-0.2, -0.15) is 0 Å². The number of carbonyl (C=O) groups excluding carboxylic acids is 1. The largest absolute Gasteiger partial charge is 0.491 e. The lowest BCUT2D eigenvalue weighted by atomic mass is 10.0. The molecule has 0 aliphatic carbocycles. The van der Waals surface area contributed by atoms with E-state index in [1.165, 1.54) is 18.2 Å². The van der Waals surface area contributed by atoms with Crippen molar-refractivity contribution < 1.29 is 22.7 Å². The molecule has 0 radical (unpaired) electrons. The summed E-state index contributed by atoms with van der Waals surface area (Å²) < 4.78 is 39.8. The van der Waals surface area contributed by atoms with Crippen LogP contribution in [0, 0.1) is 5.92 Å². The van der Waals surface area contributed by atoms with Gasteiger partial charge in [-0.25, -0.2) is 8.42 Å². The number of nitrogens with zero attached hydrogens (tertiary/aromatic N) is 1. The number of hydrogen-bond acceptors (Lipinski definition) is 6. The second-order valence-electron chi connectivity index (χ2n) is 8.30. The van der Waals surface area contributed by atoms with Gasteiger partial charge in [0.1, 0.15) is 17.3 Å². The molecule has 0 spiro atoms. The van der Waals surface area contributed by atoms with Gasteiger partial charge >= 0.3 is 0 Å². The summed E-state index contributed by atoms with van der Waals surface area (Å²) in [5.74, 6) is 0.253. The van der Waals surface area contributed by atoms with Gasteiger partial charge < -0.3 is 19.7 Å². The van der Waals surface area contributed by atoms with E-state index in [1.54, 1.807) is 43.3 Å². The highest BCUT2D eigenvalue weighted by Crippen LogP contribution is 2.28. The minimum atomic E-state index is -3.95. The van der Waals surface area contributed by atoms with Gasteiger partial charge in [-0.3, -0.25) is 9.52 Å². The first kappa shape index (κ1) is 25.3. The van der Waals surface area contributed by atoms with Crippen LogP contribution in [0.2, 0.25) is 5.02 Å². The number of amides is 1. The Bertz CT molecular complexity index is 1100. The topological polar surface area (TPSA) is 97.0 Å². The normalized spacial score (nSPS) is 22.5. The molecular weight excluding hydrogens is 466 g/mol. The van der Waals surface area contributed by atoms with Gasteiger partial charge in [0.15, 0.2) is 0 Å². The summed E-state index contributed by atoms with van der Waals surface area (Å²) in [4.78, 5) is 14.8. The molecule has 0 unspecified atom stereocenters. The van der Waals surface area contributed by atoms with Crippen molar-refractivity contribution in [2.24, 2.45) is 5.92 Å². The summed E-state index contributed by atoms with van der Waals surface area (Å²) in [7, 11) is -0.628. The Morgan fingerprint density at radius 3 is 2.64 bits per heavy atom. The number of likely N-dealkylation sites (N-methyl/N-ethyl adjacent to an activating group) is 1. The molecule has 2 aromatic rings.